The quantitative estimate of drug-likeness (QED) is 0.839. The largest absolute Gasteiger partial charge is 0.486 e. The third kappa shape index (κ3) is 2.32. The van der Waals surface area contributed by atoms with Gasteiger partial charge in [-0.25, -0.2) is 8.42 Å². The summed E-state index contributed by atoms with van der Waals surface area (Å²) in [6.07, 6.45) is 0. The van der Waals surface area contributed by atoms with E-state index < -0.39 is 15.4 Å². The lowest BCUT2D eigenvalue weighted by atomic mass is 9.82. The van der Waals surface area contributed by atoms with Crippen LogP contribution in [-0.4, -0.2) is 64.0 Å². The zero-order valence-corrected chi connectivity index (χ0v) is 13.4. The van der Waals surface area contributed by atoms with E-state index in [9.17, 15) is 13.5 Å². The van der Waals surface area contributed by atoms with Crippen molar-refractivity contribution < 1.29 is 27.7 Å². The fraction of sp³-hybridized carbons (Fsp3) is 0.600. The van der Waals surface area contributed by atoms with E-state index in [2.05, 4.69) is 0 Å². The van der Waals surface area contributed by atoms with Crippen molar-refractivity contribution in [2.75, 3.05) is 46.1 Å². The standard InChI is InChI=1S/C15H19NO6S/c17-9-15-8-16(6-11(15)7-20-10-15)23(18,19)12-1-2-13-14(5-12)22-4-3-21-13/h1-2,5,11,17H,3-4,6-10H2/t11-,15-/m0/s1. The summed E-state index contributed by atoms with van der Waals surface area (Å²) < 4.78 is 43.6. The molecule has 3 aliphatic rings. The van der Waals surface area contributed by atoms with Crippen molar-refractivity contribution in [1.82, 2.24) is 4.31 Å². The van der Waals surface area contributed by atoms with E-state index in [1.165, 1.54) is 10.4 Å². The molecule has 2 saturated heterocycles. The van der Waals surface area contributed by atoms with Crippen LogP contribution in [-0.2, 0) is 14.8 Å². The van der Waals surface area contributed by atoms with Gasteiger partial charge in [0, 0.05) is 30.5 Å². The molecule has 23 heavy (non-hydrogen) atoms. The lowest BCUT2D eigenvalue weighted by molar-refractivity contribution is 0.0905. The molecule has 1 aromatic carbocycles. The van der Waals surface area contributed by atoms with Gasteiger partial charge in [0.2, 0.25) is 10.0 Å². The Balaban J connectivity index is 1.64. The number of fused-ring (bicyclic) bond motifs is 2. The molecule has 1 aromatic rings. The van der Waals surface area contributed by atoms with Gasteiger partial charge in [-0.05, 0) is 12.1 Å². The molecule has 0 saturated carbocycles. The summed E-state index contributed by atoms with van der Waals surface area (Å²) in [5.41, 5.74) is -0.471. The normalized spacial score (nSPS) is 30.4. The smallest absolute Gasteiger partial charge is 0.243 e. The Morgan fingerprint density at radius 3 is 2.78 bits per heavy atom. The Kier molecular flexibility index (Phi) is 3.53. The van der Waals surface area contributed by atoms with Crippen molar-refractivity contribution in [2.45, 2.75) is 4.90 Å². The zero-order valence-electron chi connectivity index (χ0n) is 12.6. The summed E-state index contributed by atoms with van der Waals surface area (Å²) in [4.78, 5) is 0.190. The Morgan fingerprint density at radius 2 is 2.04 bits per heavy atom. The van der Waals surface area contributed by atoms with E-state index in [-0.39, 0.29) is 24.0 Å². The highest BCUT2D eigenvalue weighted by Gasteiger charge is 2.53. The molecule has 0 unspecified atom stereocenters. The summed E-state index contributed by atoms with van der Waals surface area (Å²) in [7, 11) is -3.63. The first-order valence-corrected chi connectivity index (χ1v) is 9.08. The first-order chi connectivity index (χ1) is 11.0. The molecule has 4 rings (SSSR count). The van der Waals surface area contributed by atoms with E-state index in [1.54, 1.807) is 12.1 Å². The molecule has 0 aromatic heterocycles. The van der Waals surface area contributed by atoms with Crippen molar-refractivity contribution in [2.24, 2.45) is 11.3 Å². The fourth-order valence-corrected chi connectivity index (χ4v) is 5.12. The van der Waals surface area contributed by atoms with Crippen molar-refractivity contribution in [3.8, 4) is 11.5 Å². The van der Waals surface area contributed by atoms with E-state index in [4.69, 9.17) is 14.2 Å². The van der Waals surface area contributed by atoms with Gasteiger partial charge >= 0.3 is 0 Å². The van der Waals surface area contributed by atoms with Crippen LogP contribution in [0.25, 0.3) is 0 Å². The number of benzene rings is 1. The number of aliphatic hydroxyl groups is 1. The number of rotatable bonds is 3. The van der Waals surface area contributed by atoms with Crippen LogP contribution in [0.5, 0.6) is 11.5 Å². The maximum atomic E-state index is 12.9. The minimum absolute atomic E-state index is 0.0412. The second-order valence-corrected chi connectivity index (χ2v) is 8.27. The first-order valence-electron chi connectivity index (χ1n) is 7.64. The van der Waals surface area contributed by atoms with Gasteiger partial charge in [-0.15, -0.1) is 0 Å². The minimum Gasteiger partial charge on any atom is -0.486 e. The monoisotopic (exact) mass is 341 g/mol. The van der Waals surface area contributed by atoms with Crippen LogP contribution in [0.1, 0.15) is 0 Å². The van der Waals surface area contributed by atoms with Crippen molar-refractivity contribution in [1.29, 1.82) is 0 Å². The molecule has 7 nitrogen and oxygen atoms in total. The Bertz CT molecular complexity index is 721. The molecule has 0 bridgehead atoms. The molecule has 0 radical (unpaired) electrons. The molecule has 2 atom stereocenters. The summed E-state index contributed by atoms with van der Waals surface area (Å²) in [5.74, 6) is 1.06. The molecule has 3 aliphatic heterocycles. The molecule has 3 heterocycles. The van der Waals surface area contributed by atoms with Crippen LogP contribution in [0.3, 0.4) is 0 Å². The van der Waals surface area contributed by atoms with Crippen LogP contribution < -0.4 is 9.47 Å². The van der Waals surface area contributed by atoms with Gasteiger partial charge in [0.05, 0.1) is 24.7 Å². The maximum absolute atomic E-state index is 12.9. The summed E-state index contributed by atoms with van der Waals surface area (Å²) in [5, 5.41) is 9.70. The van der Waals surface area contributed by atoms with Crippen LogP contribution in [0.2, 0.25) is 0 Å². The number of hydrogen-bond acceptors (Lipinski definition) is 6. The average molecular weight is 341 g/mol. The molecule has 8 heteroatoms. The average Bonchev–Trinajstić information content (AvgIpc) is 3.12. The van der Waals surface area contributed by atoms with E-state index >= 15 is 0 Å². The summed E-state index contributed by atoms with van der Waals surface area (Å²) >= 11 is 0. The van der Waals surface area contributed by atoms with Gasteiger partial charge in [-0.3, -0.25) is 0 Å². The molecule has 0 spiro atoms. The zero-order chi connectivity index (χ0) is 16.1. The summed E-state index contributed by atoms with van der Waals surface area (Å²) in [6, 6.07) is 4.68. The predicted octanol–water partition coefficient (Wildman–Crippen LogP) is 0.0872. The first kappa shape index (κ1) is 15.2. The lowest BCUT2D eigenvalue weighted by Crippen LogP contribution is -2.36. The molecule has 1 N–H and O–H groups in total. The Hall–Kier alpha value is -1.35. The number of nitrogens with zero attached hydrogens (tertiary/aromatic N) is 1. The topological polar surface area (TPSA) is 85.3 Å². The molecule has 0 amide bonds. The molecular formula is C15H19NO6S. The van der Waals surface area contributed by atoms with Crippen molar-refractivity contribution in [3.05, 3.63) is 18.2 Å². The molecule has 0 aliphatic carbocycles. The van der Waals surface area contributed by atoms with Crippen LogP contribution in [0.4, 0.5) is 0 Å². The predicted molar refractivity (Wildman–Crippen MR) is 80.0 cm³/mol. The van der Waals surface area contributed by atoms with E-state index in [0.717, 1.165) is 0 Å². The molecule has 126 valence electrons. The minimum atomic E-state index is -3.63. The SMILES string of the molecule is O=S(=O)(c1ccc2c(c1)OCCO2)N1C[C@H]2COC[C@@]2(CO)C1. The highest BCUT2D eigenvalue weighted by atomic mass is 32.2. The Morgan fingerprint density at radius 1 is 1.26 bits per heavy atom. The summed E-state index contributed by atoms with van der Waals surface area (Å²) in [6.45, 7) is 2.36. The van der Waals surface area contributed by atoms with Gasteiger partial charge in [0.15, 0.2) is 11.5 Å². The van der Waals surface area contributed by atoms with Gasteiger partial charge < -0.3 is 19.3 Å². The second kappa shape index (κ2) is 5.34. The maximum Gasteiger partial charge on any atom is 0.243 e. The van der Waals surface area contributed by atoms with Crippen molar-refractivity contribution in [3.63, 3.8) is 0 Å². The molecule has 2 fully saturated rings. The number of sulfonamides is 1. The number of hydrogen-bond donors (Lipinski definition) is 1. The van der Waals surface area contributed by atoms with Crippen molar-refractivity contribution >= 4 is 10.0 Å². The van der Waals surface area contributed by atoms with Crippen LogP contribution >= 0.6 is 0 Å². The highest BCUT2D eigenvalue weighted by molar-refractivity contribution is 7.89. The van der Waals surface area contributed by atoms with Gasteiger partial charge in [-0.2, -0.15) is 4.31 Å². The third-order valence-electron chi connectivity index (χ3n) is 4.96. The van der Waals surface area contributed by atoms with Crippen LogP contribution in [0.15, 0.2) is 23.1 Å². The van der Waals surface area contributed by atoms with Gasteiger partial charge in [-0.1, -0.05) is 0 Å². The van der Waals surface area contributed by atoms with Gasteiger partial charge in [0.1, 0.15) is 13.2 Å². The van der Waals surface area contributed by atoms with E-state index in [1.807, 2.05) is 0 Å². The van der Waals surface area contributed by atoms with Gasteiger partial charge in [0.25, 0.3) is 0 Å². The fourth-order valence-electron chi connectivity index (χ4n) is 3.52. The van der Waals surface area contributed by atoms with Crippen LogP contribution in [0, 0.1) is 11.3 Å². The highest BCUT2D eigenvalue weighted by Crippen LogP contribution is 2.43. The number of aliphatic hydroxyl groups excluding tert-OH is 1. The Labute approximate surface area is 134 Å². The second-order valence-electron chi connectivity index (χ2n) is 6.34. The number of ether oxygens (including phenoxy) is 3. The lowest BCUT2D eigenvalue weighted by Gasteiger charge is -2.24. The third-order valence-corrected chi connectivity index (χ3v) is 6.76. The molecular weight excluding hydrogens is 322 g/mol. The van der Waals surface area contributed by atoms with E-state index in [0.29, 0.717) is 44.5 Å².